The van der Waals surface area contributed by atoms with Gasteiger partial charge in [-0.2, -0.15) is 0 Å². The van der Waals surface area contributed by atoms with Gasteiger partial charge < -0.3 is 10.1 Å². The molecule has 0 aromatic heterocycles. The molecule has 3 aromatic rings. The van der Waals surface area contributed by atoms with Gasteiger partial charge in [-0.15, -0.1) is 0 Å². The van der Waals surface area contributed by atoms with Gasteiger partial charge in [0.1, 0.15) is 5.82 Å². The van der Waals surface area contributed by atoms with Crippen molar-refractivity contribution in [3.63, 3.8) is 0 Å². The summed E-state index contributed by atoms with van der Waals surface area (Å²) in [6, 6.07) is 16.2. The molecule has 3 heterocycles. The highest BCUT2D eigenvalue weighted by Crippen LogP contribution is 2.63. The summed E-state index contributed by atoms with van der Waals surface area (Å²) >= 11 is 0. The fraction of sp³-hybridized carbons (Fsp3) is 0.333. The van der Waals surface area contributed by atoms with E-state index in [0.29, 0.717) is 53.5 Å². The molecule has 7 nitrogen and oxygen atoms in total. The fourth-order valence-corrected chi connectivity index (χ4v) is 6.71. The molecule has 3 aromatic carbocycles. The number of fused-ring (bicyclic) bond motifs is 6. The first kappa shape index (κ1) is 24.3. The second-order valence-electron chi connectivity index (χ2n) is 10.6. The lowest BCUT2D eigenvalue weighted by atomic mass is 9.67. The van der Waals surface area contributed by atoms with Gasteiger partial charge >= 0.3 is 0 Å². The highest BCUT2D eigenvalue weighted by Gasteiger charge is 2.73. The number of halogens is 1. The molecule has 192 valence electrons. The minimum Gasteiger partial charge on any atom is -0.367 e. The Labute approximate surface area is 219 Å². The monoisotopic (exact) mass is 511 g/mol. The van der Waals surface area contributed by atoms with E-state index >= 15 is 0 Å². The highest BCUT2D eigenvalue weighted by atomic mass is 19.1. The van der Waals surface area contributed by atoms with Gasteiger partial charge in [0.25, 0.3) is 0 Å². The Morgan fingerprint density at radius 3 is 2.50 bits per heavy atom. The van der Waals surface area contributed by atoms with Crippen LogP contribution in [0.1, 0.15) is 39.0 Å². The van der Waals surface area contributed by atoms with Gasteiger partial charge in [-0.1, -0.05) is 30.3 Å². The van der Waals surface area contributed by atoms with Crippen LogP contribution in [0.5, 0.6) is 0 Å². The first-order chi connectivity index (χ1) is 18.3. The Balaban J connectivity index is 1.24. The SMILES string of the molecule is [C-]#[N+]c1ccc(N2C(=O)[C@@H]3[C@H](C2=O)C2(C)CCC3(CCCC(=O)Nc3ccc(F)cc3)O2)c2ccccc12. The van der Waals surface area contributed by atoms with E-state index in [-0.39, 0.29) is 30.0 Å². The van der Waals surface area contributed by atoms with Gasteiger partial charge in [0.2, 0.25) is 17.7 Å². The summed E-state index contributed by atoms with van der Waals surface area (Å²) in [5.41, 5.74) is -0.0644. The van der Waals surface area contributed by atoms with Crippen molar-refractivity contribution in [1.29, 1.82) is 0 Å². The van der Waals surface area contributed by atoms with E-state index in [1.54, 1.807) is 12.1 Å². The molecule has 2 unspecified atom stereocenters. The van der Waals surface area contributed by atoms with E-state index in [4.69, 9.17) is 11.3 Å². The maximum absolute atomic E-state index is 14.0. The number of benzene rings is 3. The Bertz CT molecular complexity index is 1530. The quantitative estimate of drug-likeness (QED) is 0.337. The van der Waals surface area contributed by atoms with Crippen LogP contribution in [0.3, 0.4) is 0 Å². The lowest BCUT2D eigenvalue weighted by molar-refractivity contribution is -0.130. The van der Waals surface area contributed by atoms with Crippen LogP contribution >= 0.6 is 0 Å². The van der Waals surface area contributed by atoms with Crippen LogP contribution in [0.15, 0.2) is 60.7 Å². The third kappa shape index (κ3) is 3.61. The van der Waals surface area contributed by atoms with Crippen LogP contribution in [0, 0.1) is 24.2 Å². The Kier molecular flexibility index (Phi) is 5.58. The zero-order chi connectivity index (χ0) is 26.7. The molecule has 2 bridgehead atoms. The number of anilines is 2. The Hall–Kier alpha value is -4.09. The minimum absolute atomic E-state index is 0.204. The predicted molar refractivity (Wildman–Crippen MR) is 140 cm³/mol. The van der Waals surface area contributed by atoms with Crippen LogP contribution in [-0.2, 0) is 19.1 Å². The van der Waals surface area contributed by atoms with E-state index in [0.717, 1.165) is 0 Å². The predicted octanol–water partition coefficient (Wildman–Crippen LogP) is 5.77. The van der Waals surface area contributed by atoms with Crippen molar-refractivity contribution in [2.24, 2.45) is 11.8 Å². The molecular weight excluding hydrogens is 485 g/mol. The molecule has 3 amide bonds. The highest BCUT2D eigenvalue weighted by molar-refractivity contribution is 6.26. The molecule has 1 N–H and O–H groups in total. The second-order valence-corrected chi connectivity index (χ2v) is 10.6. The van der Waals surface area contributed by atoms with E-state index in [1.807, 2.05) is 31.2 Å². The summed E-state index contributed by atoms with van der Waals surface area (Å²) < 4.78 is 19.6. The third-order valence-electron chi connectivity index (χ3n) is 8.38. The van der Waals surface area contributed by atoms with Gasteiger partial charge in [-0.3, -0.25) is 14.4 Å². The summed E-state index contributed by atoms with van der Waals surface area (Å²) in [6.45, 7) is 9.40. The second kappa shape index (κ2) is 8.74. The molecule has 0 saturated carbocycles. The summed E-state index contributed by atoms with van der Waals surface area (Å²) in [6.07, 6.45) is 2.49. The maximum atomic E-state index is 14.0. The summed E-state index contributed by atoms with van der Waals surface area (Å²) in [5.74, 6) is -2.33. The number of nitrogens with zero attached hydrogens (tertiary/aromatic N) is 2. The zero-order valence-corrected chi connectivity index (χ0v) is 20.9. The average Bonchev–Trinajstić information content (AvgIpc) is 3.49. The molecule has 4 atom stereocenters. The van der Waals surface area contributed by atoms with Crippen molar-refractivity contribution in [2.75, 3.05) is 10.2 Å². The molecule has 0 spiro atoms. The topological polar surface area (TPSA) is 80.1 Å². The number of rotatable bonds is 6. The summed E-state index contributed by atoms with van der Waals surface area (Å²) in [4.78, 5) is 45.2. The van der Waals surface area contributed by atoms with E-state index < -0.39 is 23.0 Å². The van der Waals surface area contributed by atoms with Crippen molar-refractivity contribution < 1.29 is 23.5 Å². The molecule has 3 fully saturated rings. The molecule has 0 radical (unpaired) electrons. The van der Waals surface area contributed by atoms with E-state index in [1.165, 1.54) is 29.2 Å². The smallest absolute Gasteiger partial charge is 0.240 e. The van der Waals surface area contributed by atoms with Gasteiger partial charge in [-0.05, 0) is 73.7 Å². The van der Waals surface area contributed by atoms with Crippen molar-refractivity contribution in [2.45, 2.75) is 50.2 Å². The molecule has 3 saturated heterocycles. The normalized spacial score (nSPS) is 27.6. The number of carbonyl (C=O) groups excluding carboxylic acids is 3. The van der Waals surface area contributed by atoms with Gasteiger partial charge in [-0.25, -0.2) is 14.1 Å². The van der Waals surface area contributed by atoms with Crippen molar-refractivity contribution in [1.82, 2.24) is 0 Å². The van der Waals surface area contributed by atoms with Crippen LogP contribution in [0.4, 0.5) is 21.5 Å². The van der Waals surface area contributed by atoms with Crippen molar-refractivity contribution in [3.8, 4) is 0 Å². The van der Waals surface area contributed by atoms with Crippen LogP contribution in [0.2, 0.25) is 0 Å². The van der Waals surface area contributed by atoms with E-state index in [9.17, 15) is 18.8 Å². The molecule has 8 heteroatoms. The Morgan fingerprint density at radius 1 is 1.05 bits per heavy atom. The number of carbonyl (C=O) groups is 3. The Morgan fingerprint density at radius 2 is 1.76 bits per heavy atom. The summed E-state index contributed by atoms with van der Waals surface area (Å²) in [5, 5.41) is 4.15. The van der Waals surface area contributed by atoms with Crippen LogP contribution in [-0.4, -0.2) is 28.9 Å². The molecule has 3 aliphatic heterocycles. The fourth-order valence-electron chi connectivity index (χ4n) is 6.71. The largest absolute Gasteiger partial charge is 0.367 e. The lowest BCUT2D eigenvalue weighted by Gasteiger charge is -2.31. The molecule has 0 aliphatic carbocycles. The first-order valence-corrected chi connectivity index (χ1v) is 12.8. The lowest BCUT2D eigenvalue weighted by Crippen LogP contribution is -2.42. The minimum atomic E-state index is -0.802. The van der Waals surface area contributed by atoms with Crippen molar-refractivity contribution in [3.05, 3.63) is 77.9 Å². The maximum Gasteiger partial charge on any atom is 0.240 e. The number of nitrogens with one attached hydrogen (secondary N) is 1. The zero-order valence-electron chi connectivity index (χ0n) is 20.9. The van der Waals surface area contributed by atoms with Crippen molar-refractivity contribution >= 4 is 45.6 Å². The van der Waals surface area contributed by atoms with Crippen LogP contribution in [0.25, 0.3) is 15.6 Å². The number of hydrogen-bond donors (Lipinski definition) is 1. The summed E-state index contributed by atoms with van der Waals surface area (Å²) in [7, 11) is 0. The third-order valence-corrected chi connectivity index (χ3v) is 8.38. The number of ether oxygens (including phenoxy) is 1. The number of imide groups is 1. The number of amides is 3. The van der Waals surface area contributed by atoms with Gasteiger partial charge in [0, 0.05) is 12.1 Å². The standard InChI is InChI=1S/C30H26FN3O4/c1-29-16-17-30(38-29,15-5-8-24(35)33-19-11-9-18(31)10-12-19)26-25(29)27(36)34(28(26)37)23-14-13-22(32-2)20-6-3-4-7-21(20)23/h3-4,6-7,9-14,25-26H,5,8,15-17H2,1H3,(H,33,35)/t25-,26+,29?,30?/m1/s1. The molecule has 3 aliphatic rings. The average molecular weight is 512 g/mol. The molecule has 38 heavy (non-hydrogen) atoms. The van der Waals surface area contributed by atoms with Crippen LogP contribution < -0.4 is 10.2 Å². The number of hydrogen-bond acceptors (Lipinski definition) is 4. The molecule has 6 rings (SSSR count). The molecular formula is C30H26FN3O4. The van der Waals surface area contributed by atoms with E-state index in [2.05, 4.69) is 10.2 Å². The van der Waals surface area contributed by atoms with Gasteiger partial charge in [0.15, 0.2) is 5.69 Å². The first-order valence-electron chi connectivity index (χ1n) is 12.8. The van der Waals surface area contributed by atoms with Gasteiger partial charge in [0.05, 0.1) is 35.3 Å².